The highest BCUT2D eigenvalue weighted by Crippen LogP contribution is 2.39. The highest BCUT2D eigenvalue weighted by atomic mass is 35.5. The number of benzene rings is 1. The van der Waals surface area contributed by atoms with Gasteiger partial charge in [-0.05, 0) is 25.0 Å². The van der Waals surface area contributed by atoms with Crippen molar-refractivity contribution in [3.05, 3.63) is 33.7 Å². The van der Waals surface area contributed by atoms with E-state index in [-0.39, 0.29) is 24.6 Å². The molecule has 130 valence electrons. The maximum Gasteiger partial charge on any atom is 0.322 e. The van der Waals surface area contributed by atoms with E-state index in [4.69, 9.17) is 16.3 Å². The number of anilines is 2. The van der Waals surface area contributed by atoms with E-state index in [1.54, 1.807) is 34.6 Å². The van der Waals surface area contributed by atoms with Crippen LogP contribution in [-0.2, 0) is 4.79 Å². The molecule has 3 amide bonds. The zero-order valence-electron chi connectivity index (χ0n) is 13.1. The smallest absolute Gasteiger partial charge is 0.322 e. The van der Waals surface area contributed by atoms with Crippen molar-refractivity contribution in [2.45, 2.75) is 18.9 Å². The van der Waals surface area contributed by atoms with Gasteiger partial charge in [-0.25, -0.2) is 9.78 Å². The van der Waals surface area contributed by atoms with Crippen molar-refractivity contribution in [2.24, 2.45) is 0 Å². The average molecular weight is 379 g/mol. The second kappa shape index (κ2) is 6.53. The number of nitrogens with one attached hydrogen (secondary N) is 2. The number of thiazole rings is 1. The van der Waals surface area contributed by atoms with Crippen molar-refractivity contribution in [1.29, 1.82) is 0 Å². The number of ether oxygens (including phenoxy) is 1. The maximum absolute atomic E-state index is 12.7. The van der Waals surface area contributed by atoms with Gasteiger partial charge in [0, 0.05) is 23.8 Å². The molecule has 0 radical (unpaired) electrons. The largest absolute Gasteiger partial charge is 0.480 e. The van der Waals surface area contributed by atoms with Crippen LogP contribution in [0.2, 0.25) is 5.02 Å². The second-order valence-corrected chi connectivity index (χ2v) is 7.16. The molecule has 2 aromatic rings. The number of carbonyl (C=O) groups excluding carboxylic acids is 2. The normalized spacial score (nSPS) is 19.2. The molecular formula is C16H15ClN4O3S. The Kier molecular flexibility index (Phi) is 4.22. The number of halogens is 1. The molecule has 2 aliphatic rings. The molecule has 7 nitrogen and oxygen atoms in total. The van der Waals surface area contributed by atoms with E-state index in [2.05, 4.69) is 15.6 Å². The second-order valence-electron chi connectivity index (χ2n) is 5.82. The molecule has 0 aliphatic carbocycles. The maximum atomic E-state index is 12.7. The van der Waals surface area contributed by atoms with Crippen molar-refractivity contribution >= 4 is 46.3 Å². The van der Waals surface area contributed by atoms with E-state index < -0.39 is 0 Å². The Morgan fingerprint density at radius 2 is 2.36 bits per heavy atom. The lowest BCUT2D eigenvalue weighted by molar-refractivity contribution is -0.118. The third kappa shape index (κ3) is 3.14. The summed E-state index contributed by atoms with van der Waals surface area (Å²) in [5.41, 5.74) is 0.960. The van der Waals surface area contributed by atoms with E-state index >= 15 is 0 Å². The fourth-order valence-electron chi connectivity index (χ4n) is 3.09. The standard InChI is InChI=1S/C16H15ClN4O3S/c17-10-6-9(7-11-14(10)24-8-13(22)20-11)19-16(23)21-4-1-2-12(21)15-18-3-5-25-15/h3,5-7,12H,1-2,4,8H2,(H,19,23)(H,20,22)/t12-/m1/s1. The monoisotopic (exact) mass is 378 g/mol. The summed E-state index contributed by atoms with van der Waals surface area (Å²) in [5.74, 6) is 0.163. The van der Waals surface area contributed by atoms with Gasteiger partial charge in [0.1, 0.15) is 5.01 Å². The molecule has 1 aromatic carbocycles. The number of amides is 3. The Hall–Kier alpha value is -2.32. The fourth-order valence-corrected chi connectivity index (χ4v) is 4.15. The van der Waals surface area contributed by atoms with Gasteiger partial charge in [-0.1, -0.05) is 11.6 Å². The Morgan fingerprint density at radius 3 is 3.16 bits per heavy atom. The highest BCUT2D eigenvalue weighted by Gasteiger charge is 2.32. The zero-order chi connectivity index (χ0) is 17.4. The Bertz CT molecular complexity index is 827. The number of nitrogens with zero attached hydrogens (tertiary/aromatic N) is 2. The van der Waals surface area contributed by atoms with E-state index in [9.17, 15) is 9.59 Å². The first-order chi connectivity index (χ1) is 12.1. The summed E-state index contributed by atoms with van der Waals surface area (Å²) in [6.07, 6.45) is 3.59. The minimum Gasteiger partial charge on any atom is -0.480 e. The van der Waals surface area contributed by atoms with Gasteiger partial charge in [0.15, 0.2) is 12.4 Å². The zero-order valence-corrected chi connectivity index (χ0v) is 14.7. The summed E-state index contributed by atoms with van der Waals surface area (Å²) in [6.45, 7) is 0.607. The van der Waals surface area contributed by atoms with Crippen LogP contribution in [0, 0.1) is 0 Å². The van der Waals surface area contributed by atoms with Gasteiger partial charge < -0.3 is 20.3 Å². The molecule has 1 fully saturated rings. The number of rotatable bonds is 2. The lowest BCUT2D eigenvalue weighted by Crippen LogP contribution is -2.34. The predicted octanol–water partition coefficient (Wildman–Crippen LogP) is 3.50. The molecule has 1 aromatic heterocycles. The molecule has 9 heteroatoms. The van der Waals surface area contributed by atoms with Crippen molar-refractivity contribution in [2.75, 3.05) is 23.8 Å². The third-order valence-electron chi connectivity index (χ3n) is 4.17. The number of likely N-dealkylation sites (tertiary alicyclic amines) is 1. The van der Waals surface area contributed by atoms with E-state index in [0.717, 1.165) is 17.8 Å². The molecule has 4 rings (SSSR count). The third-order valence-corrected chi connectivity index (χ3v) is 5.32. The summed E-state index contributed by atoms with van der Waals surface area (Å²) in [6, 6.07) is 3.04. The lowest BCUT2D eigenvalue weighted by atomic mass is 10.2. The quantitative estimate of drug-likeness (QED) is 0.837. The minimum absolute atomic E-state index is 0.00358. The van der Waals surface area contributed by atoms with Crippen LogP contribution in [0.3, 0.4) is 0 Å². The van der Waals surface area contributed by atoms with Crippen molar-refractivity contribution in [3.63, 3.8) is 0 Å². The molecule has 0 unspecified atom stereocenters. The summed E-state index contributed by atoms with van der Waals surface area (Å²) in [5, 5.41) is 8.74. The topological polar surface area (TPSA) is 83.6 Å². The van der Waals surface area contributed by atoms with Gasteiger partial charge in [-0.2, -0.15) is 0 Å². The molecule has 1 atom stereocenters. The SMILES string of the molecule is O=C1COc2c(Cl)cc(NC(=O)N3CCC[C@@H]3c3nccs3)cc2N1. The molecule has 0 saturated carbocycles. The first-order valence-corrected chi connectivity index (χ1v) is 9.11. The number of aromatic nitrogens is 1. The van der Waals surface area contributed by atoms with Crippen LogP contribution >= 0.6 is 22.9 Å². The predicted molar refractivity (Wildman–Crippen MR) is 95.4 cm³/mol. The van der Waals surface area contributed by atoms with E-state index in [1.807, 2.05) is 5.38 Å². The van der Waals surface area contributed by atoms with Gasteiger partial charge in [-0.15, -0.1) is 11.3 Å². The lowest BCUT2D eigenvalue weighted by Gasteiger charge is -2.24. The number of hydrogen-bond acceptors (Lipinski definition) is 5. The first kappa shape index (κ1) is 16.2. The van der Waals surface area contributed by atoms with Gasteiger partial charge >= 0.3 is 6.03 Å². The number of fused-ring (bicyclic) bond motifs is 1. The van der Waals surface area contributed by atoms with Crippen LogP contribution in [0.5, 0.6) is 5.75 Å². The average Bonchev–Trinajstić information content (AvgIpc) is 3.25. The van der Waals surface area contributed by atoms with Crippen LogP contribution in [0.4, 0.5) is 16.2 Å². The summed E-state index contributed by atoms with van der Waals surface area (Å²) in [7, 11) is 0. The summed E-state index contributed by atoms with van der Waals surface area (Å²) >= 11 is 7.75. The van der Waals surface area contributed by atoms with Crippen LogP contribution in [0.25, 0.3) is 0 Å². The first-order valence-electron chi connectivity index (χ1n) is 7.85. The molecule has 25 heavy (non-hydrogen) atoms. The van der Waals surface area contributed by atoms with E-state index in [1.165, 1.54) is 0 Å². The van der Waals surface area contributed by atoms with E-state index in [0.29, 0.717) is 28.7 Å². The van der Waals surface area contributed by atoms with Gasteiger partial charge in [0.05, 0.1) is 16.8 Å². The minimum atomic E-state index is -0.254. The van der Waals surface area contributed by atoms with Gasteiger partial charge in [-0.3, -0.25) is 4.79 Å². The number of carbonyl (C=O) groups is 2. The molecule has 1 saturated heterocycles. The number of hydrogen-bond donors (Lipinski definition) is 2. The van der Waals surface area contributed by atoms with Crippen LogP contribution < -0.4 is 15.4 Å². The molecule has 0 bridgehead atoms. The molecular weight excluding hydrogens is 364 g/mol. The summed E-state index contributed by atoms with van der Waals surface area (Å²) < 4.78 is 5.32. The van der Waals surface area contributed by atoms with Crippen LogP contribution in [0.15, 0.2) is 23.7 Å². The molecule has 3 heterocycles. The van der Waals surface area contributed by atoms with Crippen LogP contribution in [-0.4, -0.2) is 35.0 Å². The van der Waals surface area contributed by atoms with Crippen molar-refractivity contribution in [3.8, 4) is 5.75 Å². The van der Waals surface area contributed by atoms with Gasteiger partial charge in [0.25, 0.3) is 5.91 Å². The molecule has 2 N–H and O–H groups in total. The Labute approximate surface area is 152 Å². The highest BCUT2D eigenvalue weighted by molar-refractivity contribution is 7.09. The van der Waals surface area contributed by atoms with Gasteiger partial charge in [0.2, 0.25) is 0 Å². The number of urea groups is 1. The van der Waals surface area contributed by atoms with Crippen LogP contribution in [0.1, 0.15) is 23.9 Å². The Morgan fingerprint density at radius 1 is 1.48 bits per heavy atom. The molecule has 2 aliphatic heterocycles. The van der Waals surface area contributed by atoms with Crippen molar-refractivity contribution in [1.82, 2.24) is 9.88 Å². The molecule has 0 spiro atoms. The fraction of sp³-hybridized carbons (Fsp3) is 0.312. The Balaban J connectivity index is 1.54. The van der Waals surface area contributed by atoms with Crippen molar-refractivity contribution < 1.29 is 14.3 Å². The summed E-state index contributed by atoms with van der Waals surface area (Å²) in [4.78, 5) is 30.3.